The van der Waals surface area contributed by atoms with E-state index in [-0.39, 0.29) is 17.5 Å². The van der Waals surface area contributed by atoms with Crippen LogP contribution in [0.3, 0.4) is 0 Å². The van der Waals surface area contributed by atoms with Gasteiger partial charge in [-0.05, 0) is 25.1 Å². The highest BCUT2D eigenvalue weighted by atomic mass is 19.1. The molecule has 92 valence electrons. The van der Waals surface area contributed by atoms with Crippen LogP contribution in [0.5, 0.6) is 0 Å². The van der Waals surface area contributed by atoms with Gasteiger partial charge in [0.15, 0.2) is 0 Å². The van der Waals surface area contributed by atoms with Gasteiger partial charge in [-0.2, -0.15) is 0 Å². The maximum absolute atomic E-state index is 12.6. The number of carbonyl (C=O) groups is 1. The predicted molar refractivity (Wildman–Crippen MR) is 63.3 cm³/mol. The van der Waals surface area contributed by atoms with E-state index in [9.17, 15) is 9.18 Å². The average Bonchev–Trinajstić information content (AvgIpc) is 2.31. The molecule has 0 aliphatic rings. The molecule has 2 aromatic heterocycles. The molecule has 0 aliphatic heterocycles. The maximum atomic E-state index is 12.6. The summed E-state index contributed by atoms with van der Waals surface area (Å²) in [4.78, 5) is 23.2. The van der Waals surface area contributed by atoms with Crippen molar-refractivity contribution in [3.05, 3.63) is 41.6 Å². The Bertz CT molecular complexity index is 564. The number of nitrogens with one attached hydrogen (secondary N) is 1. The summed E-state index contributed by atoms with van der Waals surface area (Å²) in [6, 6.07) is 4.04. The summed E-state index contributed by atoms with van der Waals surface area (Å²) in [6.07, 6.45) is 1.01. The van der Waals surface area contributed by atoms with E-state index in [4.69, 9.17) is 5.73 Å². The Hall–Kier alpha value is -2.57. The minimum Gasteiger partial charge on any atom is -0.368 e. The van der Waals surface area contributed by atoms with E-state index in [2.05, 4.69) is 20.3 Å². The van der Waals surface area contributed by atoms with Gasteiger partial charge in [0.05, 0.1) is 6.20 Å². The van der Waals surface area contributed by atoms with Crippen LogP contribution in [0.4, 0.5) is 16.2 Å². The fraction of sp³-hybridized carbons (Fsp3) is 0.0909. The lowest BCUT2D eigenvalue weighted by atomic mass is 10.3. The van der Waals surface area contributed by atoms with Crippen LogP contribution in [0.2, 0.25) is 0 Å². The summed E-state index contributed by atoms with van der Waals surface area (Å²) >= 11 is 0. The summed E-state index contributed by atoms with van der Waals surface area (Å²) in [5.41, 5.74) is 6.16. The van der Waals surface area contributed by atoms with Crippen LogP contribution < -0.4 is 11.1 Å². The normalized spacial score (nSPS) is 10.1. The molecule has 7 heteroatoms. The van der Waals surface area contributed by atoms with Gasteiger partial charge in [-0.3, -0.25) is 4.79 Å². The van der Waals surface area contributed by atoms with Gasteiger partial charge in [-0.15, -0.1) is 0 Å². The number of pyridine rings is 1. The minimum absolute atomic E-state index is 0.0206. The lowest BCUT2D eigenvalue weighted by Crippen LogP contribution is -2.16. The molecule has 0 saturated carbocycles. The molecule has 0 fully saturated rings. The van der Waals surface area contributed by atoms with E-state index in [0.717, 1.165) is 6.20 Å². The summed E-state index contributed by atoms with van der Waals surface area (Å²) in [5.74, 6) is -0.704. The van der Waals surface area contributed by atoms with Gasteiger partial charge >= 0.3 is 0 Å². The Morgan fingerprint density at radius 3 is 2.78 bits per heavy atom. The van der Waals surface area contributed by atoms with E-state index in [0.29, 0.717) is 5.69 Å². The fourth-order valence-electron chi connectivity index (χ4n) is 1.34. The van der Waals surface area contributed by atoms with Crippen molar-refractivity contribution in [2.45, 2.75) is 6.92 Å². The number of amides is 1. The van der Waals surface area contributed by atoms with Gasteiger partial charge in [0.2, 0.25) is 5.95 Å². The molecule has 0 spiro atoms. The smallest absolute Gasteiger partial charge is 0.275 e. The Balaban J connectivity index is 2.19. The van der Waals surface area contributed by atoms with Crippen molar-refractivity contribution in [1.82, 2.24) is 15.0 Å². The fourth-order valence-corrected chi connectivity index (χ4v) is 1.34. The Kier molecular flexibility index (Phi) is 3.13. The number of anilines is 2. The number of rotatable bonds is 2. The molecule has 2 heterocycles. The third-order valence-corrected chi connectivity index (χ3v) is 2.07. The molecule has 1 amide bonds. The van der Waals surface area contributed by atoms with Crippen LogP contribution in [-0.2, 0) is 0 Å². The summed E-state index contributed by atoms with van der Waals surface area (Å²) in [5, 5.41) is 2.48. The molecule has 0 aromatic carbocycles. The first kappa shape index (κ1) is 11.9. The molecule has 0 bridgehead atoms. The van der Waals surface area contributed by atoms with Crippen LogP contribution in [-0.4, -0.2) is 20.9 Å². The highest BCUT2D eigenvalue weighted by Gasteiger charge is 2.10. The molecule has 0 saturated heterocycles. The second-order valence-electron chi connectivity index (χ2n) is 3.57. The van der Waals surface area contributed by atoms with E-state index >= 15 is 0 Å². The first-order chi connectivity index (χ1) is 8.54. The van der Waals surface area contributed by atoms with Crippen LogP contribution in [0.15, 0.2) is 24.4 Å². The molecule has 0 atom stereocenters. The van der Waals surface area contributed by atoms with E-state index < -0.39 is 11.7 Å². The zero-order valence-corrected chi connectivity index (χ0v) is 9.51. The zero-order valence-electron chi connectivity index (χ0n) is 9.51. The SMILES string of the molecule is Cc1cc(C(=O)Nc2ccc(F)cn2)nc(N)n1. The average molecular weight is 247 g/mol. The van der Waals surface area contributed by atoms with Crippen molar-refractivity contribution in [3.8, 4) is 0 Å². The monoisotopic (exact) mass is 247 g/mol. The second kappa shape index (κ2) is 4.74. The van der Waals surface area contributed by atoms with Crippen LogP contribution >= 0.6 is 0 Å². The molecular weight excluding hydrogens is 237 g/mol. The molecule has 2 aromatic rings. The third kappa shape index (κ3) is 2.76. The van der Waals surface area contributed by atoms with E-state index in [1.807, 2.05) is 0 Å². The number of hydrogen-bond donors (Lipinski definition) is 2. The molecule has 18 heavy (non-hydrogen) atoms. The highest BCUT2D eigenvalue weighted by Crippen LogP contribution is 2.07. The van der Waals surface area contributed by atoms with Crippen LogP contribution in [0, 0.1) is 12.7 Å². The number of halogens is 1. The lowest BCUT2D eigenvalue weighted by molar-refractivity contribution is 0.102. The molecule has 0 radical (unpaired) electrons. The second-order valence-corrected chi connectivity index (χ2v) is 3.57. The summed E-state index contributed by atoms with van der Waals surface area (Å²) in [7, 11) is 0. The van der Waals surface area contributed by atoms with Crippen molar-refractivity contribution in [3.63, 3.8) is 0 Å². The number of nitrogens with zero attached hydrogens (tertiary/aromatic N) is 3. The third-order valence-electron chi connectivity index (χ3n) is 2.07. The van der Waals surface area contributed by atoms with Gasteiger partial charge < -0.3 is 11.1 Å². The highest BCUT2D eigenvalue weighted by molar-refractivity contribution is 6.02. The van der Waals surface area contributed by atoms with Gasteiger partial charge in [0.1, 0.15) is 17.3 Å². The number of hydrogen-bond acceptors (Lipinski definition) is 5. The van der Waals surface area contributed by atoms with Crippen molar-refractivity contribution >= 4 is 17.7 Å². The Morgan fingerprint density at radius 2 is 2.17 bits per heavy atom. The van der Waals surface area contributed by atoms with Gasteiger partial charge in [0.25, 0.3) is 5.91 Å². The van der Waals surface area contributed by atoms with Gasteiger partial charge in [-0.25, -0.2) is 19.3 Å². The number of aromatic nitrogens is 3. The molecular formula is C11H10FN5O. The van der Waals surface area contributed by atoms with Crippen molar-refractivity contribution in [1.29, 1.82) is 0 Å². The molecule has 6 nitrogen and oxygen atoms in total. The largest absolute Gasteiger partial charge is 0.368 e. The van der Waals surface area contributed by atoms with Crippen molar-refractivity contribution in [2.75, 3.05) is 11.1 Å². The van der Waals surface area contributed by atoms with Crippen LogP contribution in [0.25, 0.3) is 0 Å². The Morgan fingerprint density at radius 1 is 1.39 bits per heavy atom. The van der Waals surface area contributed by atoms with Gasteiger partial charge in [0, 0.05) is 5.69 Å². The van der Waals surface area contributed by atoms with E-state index in [1.54, 1.807) is 6.92 Å². The first-order valence-corrected chi connectivity index (χ1v) is 5.08. The van der Waals surface area contributed by atoms with Crippen molar-refractivity contribution < 1.29 is 9.18 Å². The number of carbonyl (C=O) groups excluding carboxylic acids is 1. The first-order valence-electron chi connectivity index (χ1n) is 5.08. The lowest BCUT2D eigenvalue weighted by Gasteiger charge is -2.04. The summed E-state index contributed by atoms with van der Waals surface area (Å²) < 4.78 is 12.6. The molecule has 0 unspecified atom stereocenters. The molecule has 0 aliphatic carbocycles. The standard InChI is InChI=1S/C11H10FN5O/c1-6-4-8(16-11(13)15-6)10(18)17-9-3-2-7(12)5-14-9/h2-5H,1H3,(H2,13,15,16)(H,14,17,18). The number of aryl methyl sites for hydroxylation is 1. The zero-order chi connectivity index (χ0) is 13.1. The minimum atomic E-state index is -0.480. The van der Waals surface area contributed by atoms with Crippen LogP contribution in [0.1, 0.15) is 16.2 Å². The maximum Gasteiger partial charge on any atom is 0.275 e. The quantitative estimate of drug-likeness (QED) is 0.830. The Labute approximate surface area is 102 Å². The van der Waals surface area contributed by atoms with Gasteiger partial charge in [-0.1, -0.05) is 0 Å². The topological polar surface area (TPSA) is 93.8 Å². The molecule has 3 N–H and O–H groups in total. The predicted octanol–water partition coefficient (Wildman–Crippen LogP) is 1.15. The number of nitrogens with two attached hydrogens (primary N) is 1. The molecule has 2 rings (SSSR count). The number of nitrogen functional groups attached to an aromatic ring is 1. The summed E-state index contributed by atoms with van der Waals surface area (Å²) in [6.45, 7) is 1.70. The van der Waals surface area contributed by atoms with E-state index in [1.165, 1.54) is 18.2 Å². The van der Waals surface area contributed by atoms with Crippen molar-refractivity contribution in [2.24, 2.45) is 0 Å².